The molecule has 1 fully saturated rings. The van der Waals surface area contributed by atoms with Gasteiger partial charge in [-0.05, 0) is 6.92 Å². The van der Waals surface area contributed by atoms with Crippen molar-refractivity contribution in [2.24, 2.45) is 0 Å². The van der Waals surface area contributed by atoms with Gasteiger partial charge in [0.15, 0.2) is 0 Å². The second-order valence-corrected chi connectivity index (χ2v) is 7.28. The van der Waals surface area contributed by atoms with Crippen LogP contribution in [-0.4, -0.2) is 32.5 Å². The maximum absolute atomic E-state index is 11.9. The van der Waals surface area contributed by atoms with Gasteiger partial charge in [0.25, 0.3) is 0 Å². The minimum absolute atomic E-state index is 0.0647. The Morgan fingerprint density at radius 2 is 1.54 bits per heavy atom. The molecule has 0 aliphatic carbocycles. The Morgan fingerprint density at radius 3 is 2.12 bits per heavy atom. The molecule has 0 unspecified atom stereocenters. The molecule has 3 aromatic rings. The fraction of sp³-hybridized carbons (Fsp3) is 0.200. The van der Waals surface area contributed by atoms with Crippen LogP contribution < -0.4 is 0 Å². The van der Waals surface area contributed by atoms with E-state index in [4.69, 9.17) is 9.72 Å². The van der Waals surface area contributed by atoms with Gasteiger partial charge in [-0.3, -0.25) is 4.79 Å². The summed E-state index contributed by atoms with van der Waals surface area (Å²) in [4.78, 5) is 16.6. The van der Waals surface area contributed by atoms with Crippen LogP contribution in [-0.2, 0) is 9.53 Å². The molecule has 0 N–H and O–H groups in total. The molecule has 1 aromatic heterocycles. The molecule has 0 radical (unpaired) electrons. The zero-order valence-corrected chi connectivity index (χ0v) is 15.0. The molecular formula is C20H17N3O2S. The standard InChI is InChI=1S/C20H17N3O2S/c1-13-12-16(19(24)25-13)26-20-21-17(14-8-4-2-5-9-14)18(22-23-20)15-10-6-3-7-11-15/h2-11,13,16H,12H2,1H3/t13-,16+/m1/s1. The van der Waals surface area contributed by atoms with Gasteiger partial charge in [0.2, 0.25) is 5.16 Å². The maximum atomic E-state index is 11.9. The Morgan fingerprint density at radius 1 is 0.923 bits per heavy atom. The number of cyclic esters (lactones) is 1. The Kier molecular flexibility index (Phi) is 4.67. The van der Waals surface area contributed by atoms with Crippen molar-refractivity contribution in [3.05, 3.63) is 60.7 Å². The largest absolute Gasteiger partial charge is 0.462 e. The number of esters is 1. The van der Waals surface area contributed by atoms with Crippen LogP contribution >= 0.6 is 11.8 Å². The van der Waals surface area contributed by atoms with Gasteiger partial charge in [0.05, 0.1) is 0 Å². The van der Waals surface area contributed by atoms with Gasteiger partial charge in [-0.25, -0.2) is 4.98 Å². The van der Waals surface area contributed by atoms with Gasteiger partial charge in [0.1, 0.15) is 22.7 Å². The van der Waals surface area contributed by atoms with E-state index in [9.17, 15) is 4.79 Å². The minimum Gasteiger partial charge on any atom is -0.462 e. The van der Waals surface area contributed by atoms with E-state index in [-0.39, 0.29) is 17.3 Å². The first kappa shape index (κ1) is 16.7. The van der Waals surface area contributed by atoms with E-state index in [1.165, 1.54) is 11.8 Å². The number of aromatic nitrogens is 3. The summed E-state index contributed by atoms with van der Waals surface area (Å²) in [5, 5.41) is 8.89. The fourth-order valence-electron chi connectivity index (χ4n) is 2.89. The molecule has 1 aliphatic heterocycles. The molecule has 2 atom stereocenters. The first-order valence-electron chi connectivity index (χ1n) is 8.43. The predicted octanol–water partition coefficient (Wildman–Crippen LogP) is 4.00. The molecule has 2 heterocycles. The van der Waals surface area contributed by atoms with Gasteiger partial charge in [-0.1, -0.05) is 72.4 Å². The molecule has 5 nitrogen and oxygen atoms in total. The van der Waals surface area contributed by atoms with Crippen LogP contribution in [0.25, 0.3) is 22.5 Å². The Labute approximate surface area is 155 Å². The lowest BCUT2D eigenvalue weighted by atomic mass is 10.0. The van der Waals surface area contributed by atoms with Gasteiger partial charge in [-0.2, -0.15) is 0 Å². The van der Waals surface area contributed by atoms with Gasteiger partial charge >= 0.3 is 5.97 Å². The summed E-state index contributed by atoms with van der Waals surface area (Å²) in [5.41, 5.74) is 3.40. The van der Waals surface area contributed by atoms with Crippen molar-refractivity contribution >= 4 is 17.7 Å². The molecule has 1 saturated heterocycles. The normalized spacial score (nSPS) is 19.3. The van der Waals surface area contributed by atoms with Crippen molar-refractivity contribution in [3.8, 4) is 22.5 Å². The van der Waals surface area contributed by atoms with Crippen molar-refractivity contribution in [3.63, 3.8) is 0 Å². The van der Waals surface area contributed by atoms with E-state index < -0.39 is 0 Å². The smallest absolute Gasteiger partial charge is 0.319 e. The molecule has 130 valence electrons. The summed E-state index contributed by atoms with van der Waals surface area (Å²) in [6.45, 7) is 1.89. The van der Waals surface area contributed by atoms with E-state index in [1.54, 1.807) is 0 Å². The molecule has 26 heavy (non-hydrogen) atoms. The summed E-state index contributed by atoms with van der Waals surface area (Å²) >= 11 is 1.32. The fourth-order valence-corrected chi connectivity index (χ4v) is 3.90. The number of rotatable bonds is 4. The lowest BCUT2D eigenvalue weighted by Gasteiger charge is -2.10. The Hall–Kier alpha value is -2.73. The van der Waals surface area contributed by atoms with Crippen LogP contribution in [0.1, 0.15) is 13.3 Å². The van der Waals surface area contributed by atoms with Crippen LogP contribution in [0.5, 0.6) is 0 Å². The number of thioether (sulfide) groups is 1. The summed E-state index contributed by atoms with van der Waals surface area (Å²) in [7, 11) is 0. The average molecular weight is 363 g/mol. The third-order valence-electron chi connectivity index (χ3n) is 4.14. The summed E-state index contributed by atoms with van der Waals surface area (Å²) in [6, 6.07) is 19.8. The van der Waals surface area contributed by atoms with Crippen LogP contribution in [0.2, 0.25) is 0 Å². The molecule has 0 saturated carbocycles. The van der Waals surface area contributed by atoms with E-state index in [0.29, 0.717) is 11.6 Å². The predicted molar refractivity (Wildman–Crippen MR) is 101 cm³/mol. The Balaban J connectivity index is 1.74. The van der Waals surface area contributed by atoms with E-state index >= 15 is 0 Å². The van der Waals surface area contributed by atoms with Crippen LogP contribution in [0, 0.1) is 0 Å². The lowest BCUT2D eigenvalue weighted by Crippen LogP contribution is -2.11. The lowest BCUT2D eigenvalue weighted by molar-refractivity contribution is -0.140. The van der Waals surface area contributed by atoms with Gasteiger partial charge < -0.3 is 4.74 Å². The van der Waals surface area contributed by atoms with Crippen molar-refractivity contribution < 1.29 is 9.53 Å². The van der Waals surface area contributed by atoms with Crippen LogP contribution in [0.15, 0.2) is 65.8 Å². The topological polar surface area (TPSA) is 65.0 Å². The number of carbonyl (C=O) groups excluding carboxylic acids is 1. The molecule has 6 heteroatoms. The van der Waals surface area contributed by atoms with Crippen molar-refractivity contribution in [1.82, 2.24) is 15.2 Å². The SMILES string of the molecule is C[C@@H]1C[C@H](Sc2nnc(-c3ccccc3)c(-c3ccccc3)n2)C(=O)O1. The third kappa shape index (κ3) is 3.46. The number of hydrogen-bond acceptors (Lipinski definition) is 6. The number of ether oxygens (including phenoxy) is 1. The van der Waals surface area contributed by atoms with E-state index in [0.717, 1.165) is 22.5 Å². The van der Waals surface area contributed by atoms with Crippen LogP contribution in [0.3, 0.4) is 0 Å². The Bertz CT molecular complexity index is 919. The molecule has 0 bridgehead atoms. The molecule has 0 spiro atoms. The average Bonchev–Trinajstić information content (AvgIpc) is 3.00. The highest BCUT2D eigenvalue weighted by atomic mass is 32.2. The number of carbonyl (C=O) groups is 1. The number of hydrogen-bond donors (Lipinski definition) is 0. The van der Waals surface area contributed by atoms with Crippen molar-refractivity contribution in [1.29, 1.82) is 0 Å². The molecular weight excluding hydrogens is 346 g/mol. The first-order valence-corrected chi connectivity index (χ1v) is 9.31. The molecule has 2 aromatic carbocycles. The maximum Gasteiger partial charge on any atom is 0.319 e. The van der Waals surface area contributed by atoms with Gasteiger partial charge in [0, 0.05) is 17.5 Å². The second kappa shape index (κ2) is 7.25. The second-order valence-electron chi connectivity index (χ2n) is 6.11. The zero-order chi connectivity index (χ0) is 17.9. The quantitative estimate of drug-likeness (QED) is 0.653. The third-order valence-corrected chi connectivity index (χ3v) is 5.19. The van der Waals surface area contributed by atoms with Crippen molar-refractivity contribution in [2.45, 2.75) is 29.9 Å². The summed E-state index contributed by atoms with van der Waals surface area (Å²) in [6.07, 6.45) is 0.596. The zero-order valence-electron chi connectivity index (χ0n) is 14.2. The number of benzene rings is 2. The summed E-state index contributed by atoms with van der Waals surface area (Å²) in [5.74, 6) is -0.209. The highest BCUT2D eigenvalue weighted by Crippen LogP contribution is 2.33. The first-order chi connectivity index (χ1) is 12.7. The van der Waals surface area contributed by atoms with Crippen molar-refractivity contribution in [2.75, 3.05) is 0 Å². The molecule has 4 rings (SSSR count). The molecule has 0 amide bonds. The highest BCUT2D eigenvalue weighted by Gasteiger charge is 2.33. The summed E-state index contributed by atoms with van der Waals surface area (Å²) < 4.78 is 5.22. The van der Waals surface area contributed by atoms with E-state index in [2.05, 4.69) is 10.2 Å². The molecule has 1 aliphatic rings. The van der Waals surface area contributed by atoms with Gasteiger partial charge in [-0.15, -0.1) is 10.2 Å². The highest BCUT2D eigenvalue weighted by molar-refractivity contribution is 8.00. The minimum atomic E-state index is -0.280. The van der Waals surface area contributed by atoms with Crippen LogP contribution in [0.4, 0.5) is 0 Å². The van der Waals surface area contributed by atoms with E-state index in [1.807, 2.05) is 67.6 Å². The monoisotopic (exact) mass is 363 g/mol. The number of nitrogens with zero attached hydrogens (tertiary/aromatic N) is 3.